The van der Waals surface area contributed by atoms with E-state index in [1.54, 1.807) is 6.07 Å². The van der Waals surface area contributed by atoms with Crippen molar-refractivity contribution in [2.75, 3.05) is 0 Å². The van der Waals surface area contributed by atoms with Gasteiger partial charge in [-0.2, -0.15) is 0 Å². The maximum absolute atomic E-state index is 13.1. The quantitative estimate of drug-likeness (QED) is 0.892. The van der Waals surface area contributed by atoms with E-state index in [4.69, 9.17) is 0 Å². The molecule has 0 bridgehead atoms. The minimum Gasteiger partial charge on any atom is -0.390 e. The first kappa shape index (κ1) is 12.0. The van der Waals surface area contributed by atoms with Crippen LogP contribution in [0.4, 0.5) is 4.39 Å². The zero-order valence-electron chi connectivity index (χ0n) is 8.74. The Morgan fingerprint density at radius 2 is 2.00 bits per heavy atom. The Morgan fingerprint density at radius 1 is 1.31 bits per heavy atom. The molecule has 1 fully saturated rings. The van der Waals surface area contributed by atoms with Gasteiger partial charge < -0.3 is 10.2 Å². The number of rotatable bonds is 4. The van der Waals surface area contributed by atoms with Crippen molar-refractivity contribution in [1.29, 1.82) is 0 Å². The van der Waals surface area contributed by atoms with E-state index < -0.39 is 12.2 Å². The summed E-state index contributed by atoms with van der Waals surface area (Å²) in [5.74, 6) is -0.107. The summed E-state index contributed by atoms with van der Waals surface area (Å²) in [7, 11) is 0. The number of hydrogen-bond donors (Lipinski definition) is 2. The number of hydrogen-bond acceptors (Lipinski definition) is 2. The Morgan fingerprint density at radius 3 is 2.56 bits per heavy atom. The number of benzene rings is 1. The Bertz CT molecular complexity index is 359. The normalized spacial score (nSPS) is 19.5. The molecule has 2 unspecified atom stereocenters. The van der Waals surface area contributed by atoms with Gasteiger partial charge >= 0.3 is 0 Å². The van der Waals surface area contributed by atoms with Gasteiger partial charge in [0.1, 0.15) is 5.82 Å². The third-order valence-electron chi connectivity index (χ3n) is 2.87. The fraction of sp³-hybridized carbons (Fsp3) is 0.500. The lowest BCUT2D eigenvalue weighted by atomic mass is 10.0. The Hall–Kier alpha value is -0.450. The van der Waals surface area contributed by atoms with Crippen LogP contribution in [0.1, 0.15) is 18.4 Å². The molecule has 0 spiro atoms. The van der Waals surface area contributed by atoms with Gasteiger partial charge in [-0.05, 0) is 42.5 Å². The third kappa shape index (κ3) is 3.03. The van der Waals surface area contributed by atoms with E-state index in [0.29, 0.717) is 10.0 Å². The van der Waals surface area contributed by atoms with Gasteiger partial charge in [-0.3, -0.25) is 0 Å². The molecule has 1 aromatic rings. The van der Waals surface area contributed by atoms with Gasteiger partial charge in [0.15, 0.2) is 0 Å². The van der Waals surface area contributed by atoms with Crippen molar-refractivity contribution in [2.45, 2.75) is 31.5 Å². The average molecular weight is 289 g/mol. The number of halogens is 2. The molecule has 88 valence electrons. The fourth-order valence-electron chi connectivity index (χ4n) is 1.84. The minimum absolute atomic E-state index is 0.229. The summed E-state index contributed by atoms with van der Waals surface area (Å²) in [5.41, 5.74) is 0.694. The molecule has 0 aromatic heterocycles. The molecule has 0 amide bonds. The van der Waals surface area contributed by atoms with Crippen molar-refractivity contribution in [1.82, 2.24) is 0 Å². The van der Waals surface area contributed by atoms with Gasteiger partial charge in [0.05, 0.1) is 12.2 Å². The van der Waals surface area contributed by atoms with Gasteiger partial charge in [-0.25, -0.2) is 4.39 Å². The number of aliphatic hydroxyl groups is 2. The van der Waals surface area contributed by atoms with Crippen molar-refractivity contribution in [3.05, 3.63) is 34.1 Å². The van der Waals surface area contributed by atoms with E-state index in [9.17, 15) is 14.6 Å². The van der Waals surface area contributed by atoms with E-state index in [2.05, 4.69) is 15.9 Å². The first-order chi connectivity index (χ1) is 7.56. The average Bonchev–Trinajstić information content (AvgIpc) is 2.97. The molecule has 16 heavy (non-hydrogen) atoms. The molecular formula is C12H14BrFO2. The predicted molar refractivity (Wildman–Crippen MR) is 62.5 cm³/mol. The summed E-state index contributed by atoms with van der Waals surface area (Å²) in [5, 5.41) is 19.5. The zero-order valence-corrected chi connectivity index (χ0v) is 10.3. The molecule has 0 radical (unpaired) electrons. The highest BCUT2D eigenvalue weighted by Crippen LogP contribution is 2.34. The second kappa shape index (κ2) is 4.82. The molecule has 1 saturated carbocycles. The highest BCUT2D eigenvalue weighted by molar-refractivity contribution is 9.10. The highest BCUT2D eigenvalue weighted by Gasteiger charge is 2.34. The standard InChI is InChI=1S/C12H14BrFO2/c13-9-3-7(4-10(14)6-9)5-11(15)12(16)8-1-2-8/h3-4,6,8,11-12,15-16H,1-2,5H2. The molecule has 2 N–H and O–H groups in total. The summed E-state index contributed by atoms with van der Waals surface area (Å²) in [6.07, 6.45) is 0.757. The lowest BCUT2D eigenvalue weighted by Crippen LogP contribution is -2.29. The van der Waals surface area contributed by atoms with E-state index >= 15 is 0 Å². The Balaban J connectivity index is 2.01. The van der Waals surface area contributed by atoms with Crippen molar-refractivity contribution >= 4 is 15.9 Å². The second-order valence-electron chi connectivity index (χ2n) is 4.38. The van der Waals surface area contributed by atoms with Crippen molar-refractivity contribution in [3.8, 4) is 0 Å². The Kier molecular flexibility index (Phi) is 3.62. The molecule has 0 heterocycles. The van der Waals surface area contributed by atoms with Crippen LogP contribution in [0, 0.1) is 11.7 Å². The smallest absolute Gasteiger partial charge is 0.124 e. The molecule has 0 saturated heterocycles. The van der Waals surface area contributed by atoms with Crippen LogP contribution in [-0.2, 0) is 6.42 Å². The first-order valence-corrected chi connectivity index (χ1v) is 6.16. The molecule has 2 atom stereocenters. The third-order valence-corrected chi connectivity index (χ3v) is 3.32. The first-order valence-electron chi connectivity index (χ1n) is 5.37. The van der Waals surface area contributed by atoms with Crippen LogP contribution in [0.25, 0.3) is 0 Å². The maximum Gasteiger partial charge on any atom is 0.124 e. The van der Waals surface area contributed by atoms with Gasteiger partial charge in [0, 0.05) is 10.9 Å². The van der Waals surface area contributed by atoms with Gasteiger partial charge in [0.25, 0.3) is 0 Å². The van der Waals surface area contributed by atoms with Crippen LogP contribution >= 0.6 is 15.9 Å². The van der Waals surface area contributed by atoms with Gasteiger partial charge in [-0.15, -0.1) is 0 Å². The van der Waals surface area contributed by atoms with E-state index in [1.807, 2.05) is 0 Å². The molecule has 4 heteroatoms. The Labute approximate surface area is 102 Å². The SMILES string of the molecule is OC(Cc1cc(F)cc(Br)c1)C(O)C1CC1. The van der Waals surface area contributed by atoms with Gasteiger partial charge in [-0.1, -0.05) is 15.9 Å². The molecule has 1 aliphatic rings. The second-order valence-corrected chi connectivity index (χ2v) is 5.29. The van der Waals surface area contributed by atoms with E-state index in [1.165, 1.54) is 12.1 Å². The molecular weight excluding hydrogens is 275 g/mol. The number of aliphatic hydroxyl groups excluding tert-OH is 2. The van der Waals surface area contributed by atoms with Crippen LogP contribution in [0.2, 0.25) is 0 Å². The maximum atomic E-state index is 13.1. The zero-order chi connectivity index (χ0) is 11.7. The van der Waals surface area contributed by atoms with Crippen molar-refractivity contribution in [3.63, 3.8) is 0 Å². The van der Waals surface area contributed by atoms with Crippen LogP contribution < -0.4 is 0 Å². The monoisotopic (exact) mass is 288 g/mol. The minimum atomic E-state index is -0.804. The summed E-state index contributed by atoms with van der Waals surface area (Å²) in [6.45, 7) is 0. The molecule has 2 nitrogen and oxygen atoms in total. The molecule has 1 aliphatic carbocycles. The predicted octanol–water partition coefficient (Wildman–Crippen LogP) is 2.26. The molecule has 2 rings (SSSR count). The van der Waals surface area contributed by atoms with Crippen LogP contribution in [0.3, 0.4) is 0 Å². The molecule has 0 aliphatic heterocycles. The van der Waals surface area contributed by atoms with Crippen LogP contribution in [0.5, 0.6) is 0 Å². The fourth-order valence-corrected chi connectivity index (χ4v) is 2.36. The van der Waals surface area contributed by atoms with E-state index in [-0.39, 0.29) is 18.2 Å². The largest absolute Gasteiger partial charge is 0.390 e. The van der Waals surface area contributed by atoms with Crippen LogP contribution in [0.15, 0.2) is 22.7 Å². The topological polar surface area (TPSA) is 40.5 Å². The van der Waals surface area contributed by atoms with E-state index in [0.717, 1.165) is 12.8 Å². The van der Waals surface area contributed by atoms with Crippen molar-refractivity contribution in [2.24, 2.45) is 5.92 Å². The summed E-state index contributed by atoms with van der Waals surface area (Å²) >= 11 is 3.20. The lowest BCUT2D eigenvalue weighted by molar-refractivity contribution is 0.00670. The summed E-state index contributed by atoms with van der Waals surface area (Å²) < 4.78 is 13.7. The van der Waals surface area contributed by atoms with Gasteiger partial charge in [0.2, 0.25) is 0 Å². The summed E-state index contributed by atoms with van der Waals surface area (Å²) in [4.78, 5) is 0. The highest BCUT2D eigenvalue weighted by atomic mass is 79.9. The van der Waals surface area contributed by atoms with Crippen molar-refractivity contribution < 1.29 is 14.6 Å². The van der Waals surface area contributed by atoms with Crippen LogP contribution in [-0.4, -0.2) is 22.4 Å². The lowest BCUT2D eigenvalue weighted by Gasteiger charge is -2.17. The molecule has 1 aromatic carbocycles. The summed E-state index contributed by atoms with van der Waals surface area (Å²) in [6, 6.07) is 4.51.